The second kappa shape index (κ2) is 7.41. The lowest BCUT2D eigenvalue weighted by Crippen LogP contribution is -2.50. The van der Waals surface area contributed by atoms with Crippen LogP contribution in [0.2, 0.25) is 0 Å². The molecule has 1 aromatic heterocycles. The van der Waals surface area contributed by atoms with Crippen molar-refractivity contribution in [2.45, 2.75) is 76.9 Å². The molecule has 0 bridgehead atoms. The lowest BCUT2D eigenvalue weighted by atomic mass is 9.77. The second-order valence-electron chi connectivity index (χ2n) is 6.57. The zero-order valence-corrected chi connectivity index (χ0v) is 13.2. The van der Waals surface area contributed by atoms with Gasteiger partial charge in [0.25, 0.3) is 0 Å². The minimum absolute atomic E-state index is 0.617. The summed E-state index contributed by atoms with van der Waals surface area (Å²) in [7, 11) is 0. The molecule has 1 saturated heterocycles. The molecule has 0 spiro atoms. The number of hydrogen-bond acceptors (Lipinski definition) is 4. The largest absolute Gasteiger partial charge is 0.444 e. The summed E-state index contributed by atoms with van der Waals surface area (Å²) in [5.41, 5.74) is 0. The van der Waals surface area contributed by atoms with Gasteiger partial charge in [0.1, 0.15) is 5.76 Å². The Bertz CT molecular complexity index is 425. The molecule has 0 radical (unpaired) electrons. The number of aromatic nitrogens is 1. The molecule has 1 saturated carbocycles. The van der Waals surface area contributed by atoms with E-state index in [0.29, 0.717) is 12.1 Å². The van der Waals surface area contributed by atoms with Crippen molar-refractivity contribution in [3.05, 3.63) is 17.8 Å². The molecule has 2 aliphatic rings. The summed E-state index contributed by atoms with van der Waals surface area (Å²) in [6.45, 7) is 4.07. The first-order chi connectivity index (χ1) is 10.4. The fourth-order valence-corrected chi connectivity index (χ4v) is 3.95. The first-order valence-corrected chi connectivity index (χ1v) is 8.77. The first-order valence-electron chi connectivity index (χ1n) is 8.77. The van der Waals surface area contributed by atoms with Crippen molar-refractivity contribution in [1.82, 2.24) is 15.6 Å². The Balaban J connectivity index is 1.56. The van der Waals surface area contributed by atoms with E-state index in [1.807, 2.05) is 6.20 Å². The molecule has 4 nitrogen and oxygen atoms in total. The van der Waals surface area contributed by atoms with Gasteiger partial charge in [-0.3, -0.25) is 0 Å². The van der Waals surface area contributed by atoms with Gasteiger partial charge in [0.15, 0.2) is 0 Å². The van der Waals surface area contributed by atoms with Crippen LogP contribution in [-0.2, 0) is 13.0 Å². The number of rotatable bonds is 5. The van der Waals surface area contributed by atoms with Gasteiger partial charge in [0.05, 0.1) is 12.7 Å². The molecule has 118 valence electrons. The van der Waals surface area contributed by atoms with Crippen LogP contribution in [-0.4, -0.2) is 23.6 Å². The third-order valence-corrected chi connectivity index (χ3v) is 5.15. The van der Waals surface area contributed by atoms with Gasteiger partial charge in [0.2, 0.25) is 5.89 Å². The first kappa shape index (κ1) is 15.0. The van der Waals surface area contributed by atoms with Crippen molar-refractivity contribution in [3.63, 3.8) is 0 Å². The highest BCUT2D eigenvalue weighted by atomic mass is 16.4. The third-order valence-electron chi connectivity index (χ3n) is 5.15. The molecule has 3 atom stereocenters. The van der Waals surface area contributed by atoms with Gasteiger partial charge >= 0.3 is 0 Å². The summed E-state index contributed by atoms with van der Waals surface area (Å²) in [4.78, 5) is 4.36. The highest BCUT2D eigenvalue weighted by molar-refractivity contribution is 4.95. The summed E-state index contributed by atoms with van der Waals surface area (Å²) in [5.74, 6) is 2.60. The Morgan fingerprint density at radius 2 is 2.10 bits per heavy atom. The summed E-state index contributed by atoms with van der Waals surface area (Å²) in [6, 6.07) is 1.33. The number of nitrogens with zero attached hydrogens (tertiary/aromatic N) is 1. The van der Waals surface area contributed by atoms with Crippen LogP contribution in [0.15, 0.2) is 10.6 Å². The summed E-state index contributed by atoms with van der Waals surface area (Å²) < 4.78 is 5.72. The van der Waals surface area contributed by atoms with E-state index in [2.05, 4.69) is 22.5 Å². The highest BCUT2D eigenvalue weighted by Crippen LogP contribution is 2.30. The quantitative estimate of drug-likeness (QED) is 0.875. The number of hydrogen-bond donors (Lipinski definition) is 2. The average Bonchev–Trinajstić information content (AvgIpc) is 3.02. The molecule has 21 heavy (non-hydrogen) atoms. The maximum atomic E-state index is 5.72. The van der Waals surface area contributed by atoms with E-state index in [-0.39, 0.29) is 0 Å². The van der Waals surface area contributed by atoms with Crippen LogP contribution in [0.5, 0.6) is 0 Å². The zero-order valence-electron chi connectivity index (χ0n) is 13.2. The maximum Gasteiger partial charge on any atom is 0.208 e. The van der Waals surface area contributed by atoms with Crippen molar-refractivity contribution in [2.75, 3.05) is 6.54 Å². The van der Waals surface area contributed by atoms with Crippen molar-refractivity contribution in [2.24, 2.45) is 5.92 Å². The van der Waals surface area contributed by atoms with Gasteiger partial charge in [-0.1, -0.05) is 26.2 Å². The van der Waals surface area contributed by atoms with E-state index in [1.54, 1.807) is 0 Å². The molecule has 2 heterocycles. The van der Waals surface area contributed by atoms with Crippen LogP contribution in [0.25, 0.3) is 0 Å². The van der Waals surface area contributed by atoms with Crippen molar-refractivity contribution in [1.29, 1.82) is 0 Å². The summed E-state index contributed by atoms with van der Waals surface area (Å²) in [6.07, 6.45) is 12.3. The van der Waals surface area contributed by atoms with Gasteiger partial charge in [-0.05, 0) is 38.1 Å². The second-order valence-corrected chi connectivity index (χ2v) is 6.57. The van der Waals surface area contributed by atoms with Crippen LogP contribution >= 0.6 is 0 Å². The molecule has 3 rings (SSSR count). The molecular weight excluding hydrogens is 262 g/mol. The Morgan fingerprint density at radius 3 is 2.86 bits per heavy atom. The third kappa shape index (κ3) is 3.86. The fourth-order valence-electron chi connectivity index (χ4n) is 3.95. The molecule has 0 amide bonds. The van der Waals surface area contributed by atoms with E-state index < -0.39 is 0 Å². The molecule has 4 heteroatoms. The summed E-state index contributed by atoms with van der Waals surface area (Å²) in [5, 5.41) is 7.48. The van der Waals surface area contributed by atoms with Gasteiger partial charge in [0, 0.05) is 18.5 Å². The van der Waals surface area contributed by atoms with Gasteiger partial charge in [-0.15, -0.1) is 0 Å². The standard InChI is InChI=1S/C17H29N3O/c1-2-13-11-20-17(21-13)12-19-16-8-4-3-7-14(16)15-9-5-6-10-18-15/h11,14-16,18-19H,2-10,12H2,1H3. The topological polar surface area (TPSA) is 50.1 Å². The van der Waals surface area contributed by atoms with Crippen molar-refractivity contribution in [3.8, 4) is 0 Å². The van der Waals surface area contributed by atoms with E-state index in [4.69, 9.17) is 4.42 Å². The molecular formula is C17H29N3O. The number of oxazole rings is 1. The molecule has 0 aromatic carbocycles. The molecule has 3 unspecified atom stereocenters. The predicted molar refractivity (Wildman–Crippen MR) is 84.1 cm³/mol. The number of piperidine rings is 1. The lowest BCUT2D eigenvalue weighted by molar-refractivity contribution is 0.178. The molecule has 1 aromatic rings. The Hall–Kier alpha value is -0.870. The van der Waals surface area contributed by atoms with E-state index in [9.17, 15) is 0 Å². The van der Waals surface area contributed by atoms with Crippen LogP contribution < -0.4 is 10.6 Å². The van der Waals surface area contributed by atoms with Crippen LogP contribution in [0.4, 0.5) is 0 Å². The zero-order chi connectivity index (χ0) is 14.5. The van der Waals surface area contributed by atoms with Gasteiger partial charge in [-0.25, -0.2) is 4.98 Å². The average molecular weight is 291 g/mol. The number of aryl methyl sites for hydroxylation is 1. The normalized spacial score (nSPS) is 30.4. The van der Waals surface area contributed by atoms with Crippen molar-refractivity contribution >= 4 is 0 Å². The molecule has 1 aliphatic carbocycles. The SMILES string of the molecule is CCc1cnc(CNC2CCCCC2C2CCCCN2)o1. The number of nitrogens with one attached hydrogen (secondary N) is 2. The van der Waals surface area contributed by atoms with E-state index >= 15 is 0 Å². The highest BCUT2D eigenvalue weighted by Gasteiger charge is 2.32. The van der Waals surface area contributed by atoms with E-state index in [1.165, 1.54) is 51.5 Å². The minimum Gasteiger partial charge on any atom is -0.444 e. The monoisotopic (exact) mass is 291 g/mol. The molecule has 2 N–H and O–H groups in total. The smallest absolute Gasteiger partial charge is 0.208 e. The molecule has 2 fully saturated rings. The predicted octanol–water partition coefficient (Wildman–Crippen LogP) is 3.03. The molecule has 1 aliphatic heterocycles. The fraction of sp³-hybridized carbons (Fsp3) is 0.824. The van der Waals surface area contributed by atoms with Crippen LogP contribution in [0.3, 0.4) is 0 Å². The van der Waals surface area contributed by atoms with Crippen LogP contribution in [0, 0.1) is 5.92 Å². The van der Waals surface area contributed by atoms with E-state index in [0.717, 1.165) is 30.5 Å². The Morgan fingerprint density at radius 1 is 1.24 bits per heavy atom. The van der Waals surface area contributed by atoms with Gasteiger partial charge < -0.3 is 15.1 Å². The van der Waals surface area contributed by atoms with Crippen molar-refractivity contribution < 1.29 is 4.42 Å². The van der Waals surface area contributed by atoms with Gasteiger partial charge in [-0.2, -0.15) is 0 Å². The summed E-state index contributed by atoms with van der Waals surface area (Å²) >= 11 is 0. The lowest BCUT2D eigenvalue weighted by Gasteiger charge is -2.39. The maximum absolute atomic E-state index is 5.72. The minimum atomic E-state index is 0.617. The van der Waals surface area contributed by atoms with Crippen LogP contribution in [0.1, 0.15) is 63.5 Å². The Kier molecular flexibility index (Phi) is 5.31. The Labute approximate surface area is 128 Å².